The first-order valence-corrected chi connectivity index (χ1v) is 7.43. The maximum Gasteiger partial charge on any atom is 0.234 e. The number of hydrogen-bond acceptors (Lipinski definition) is 3. The lowest BCUT2D eigenvalue weighted by Crippen LogP contribution is -2.47. The fourth-order valence-corrected chi connectivity index (χ4v) is 2.92. The Balaban J connectivity index is 1.98. The minimum absolute atomic E-state index is 0.0303. The molecule has 0 atom stereocenters. The molecule has 1 aromatic rings. The van der Waals surface area contributed by atoms with E-state index in [0.29, 0.717) is 13.2 Å². The van der Waals surface area contributed by atoms with Crippen molar-refractivity contribution in [2.45, 2.75) is 31.2 Å². The van der Waals surface area contributed by atoms with Gasteiger partial charge in [-0.1, -0.05) is 25.0 Å². The molecule has 2 rings (SSSR count). The smallest absolute Gasteiger partial charge is 0.234 e. The van der Waals surface area contributed by atoms with Crippen molar-refractivity contribution in [1.29, 1.82) is 0 Å². The van der Waals surface area contributed by atoms with Gasteiger partial charge in [0.25, 0.3) is 0 Å². The van der Waals surface area contributed by atoms with Gasteiger partial charge >= 0.3 is 0 Å². The Labute approximate surface area is 125 Å². The Hall–Kier alpha value is -1.46. The van der Waals surface area contributed by atoms with Crippen LogP contribution in [0.15, 0.2) is 24.3 Å². The van der Waals surface area contributed by atoms with Crippen LogP contribution in [0, 0.1) is 5.82 Å². The molecule has 1 fully saturated rings. The van der Waals surface area contributed by atoms with Crippen molar-refractivity contribution in [3.63, 3.8) is 0 Å². The van der Waals surface area contributed by atoms with Crippen LogP contribution >= 0.6 is 0 Å². The van der Waals surface area contributed by atoms with E-state index in [1.54, 1.807) is 19.2 Å². The van der Waals surface area contributed by atoms with Gasteiger partial charge in [-0.25, -0.2) is 4.39 Å². The molecule has 0 heterocycles. The second-order valence-corrected chi connectivity index (χ2v) is 5.51. The molecule has 1 amide bonds. The maximum atomic E-state index is 13.1. The van der Waals surface area contributed by atoms with Crippen LogP contribution in [-0.2, 0) is 15.1 Å². The van der Waals surface area contributed by atoms with Gasteiger partial charge in [0.1, 0.15) is 5.82 Å². The second kappa shape index (κ2) is 7.52. The molecule has 4 nitrogen and oxygen atoms in total. The zero-order valence-corrected chi connectivity index (χ0v) is 12.5. The van der Waals surface area contributed by atoms with Crippen LogP contribution in [0.5, 0.6) is 0 Å². The summed E-state index contributed by atoms with van der Waals surface area (Å²) in [7, 11) is 1.63. The standard InChI is InChI=1S/C16H23FN2O2/c1-21-11-10-18-12-15(20)19-16(8-2-3-9-16)13-4-6-14(17)7-5-13/h4-7,18H,2-3,8-12H2,1H3,(H,19,20). The lowest BCUT2D eigenvalue weighted by atomic mass is 9.88. The molecule has 5 heteroatoms. The SMILES string of the molecule is COCCNCC(=O)NC1(c2ccc(F)cc2)CCCC1. The van der Waals surface area contributed by atoms with Gasteiger partial charge < -0.3 is 15.4 Å². The second-order valence-electron chi connectivity index (χ2n) is 5.51. The summed E-state index contributed by atoms with van der Waals surface area (Å²) < 4.78 is 18.0. The molecule has 0 bridgehead atoms. The van der Waals surface area contributed by atoms with E-state index in [4.69, 9.17) is 4.74 Å². The Kier molecular flexibility index (Phi) is 5.70. The third-order valence-corrected chi connectivity index (χ3v) is 4.00. The molecule has 0 saturated heterocycles. The van der Waals surface area contributed by atoms with Gasteiger partial charge in [0.2, 0.25) is 5.91 Å². The van der Waals surface area contributed by atoms with Gasteiger partial charge in [-0.15, -0.1) is 0 Å². The van der Waals surface area contributed by atoms with Crippen LogP contribution in [-0.4, -0.2) is 32.7 Å². The first-order chi connectivity index (χ1) is 10.2. The maximum absolute atomic E-state index is 13.1. The number of amides is 1. The average Bonchev–Trinajstić information content (AvgIpc) is 2.94. The van der Waals surface area contributed by atoms with Gasteiger partial charge in [0, 0.05) is 13.7 Å². The molecule has 2 N–H and O–H groups in total. The number of ether oxygens (including phenoxy) is 1. The van der Waals surface area contributed by atoms with Crippen molar-refractivity contribution < 1.29 is 13.9 Å². The number of carbonyl (C=O) groups is 1. The van der Waals surface area contributed by atoms with E-state index in [9.17, 15) is 9.18 Å². The van der Waals surface area contributed by atoms with Crippen LogP contribution in [0.1, 0.15) is 31.2 Å². The summed E-state index contributed by atoms with van der Waals surface area (Å²) in [6.45, 7) is 1.50. The summed E-state index contributed by atoms with van der Waals surface area (Å²) in [5.74, 6) is -0.281. The number of methoxy groups -OCH3 is 1. The van der Waals surface area contributed by atoms with Crippen molar-refractivity contribution in [2.75, 3.05) is 26.8 Å². The molecule has 0 unspecified atom stereocenters. The van der Waals surface area contributed by atoms with Crippen LogP contribution in [0.3, 0.4) is 0 Å². The largest absolute Gasteiger partial charge is 0.383 e. The van der Waals surface area contributed by atoms with E-state index in [1.807, 2.05) is 0 Å². The highest BCUT2D eigenvalue weighted by Gasteiger charge is 2.36. The highest BCUT2D eigenvalue weighted by atomic mass is 19.1. The molecule has 0 spiro atoms. The Morgan fingerprint density at radius 3 is 2.57 bits per heavy atom. The van der Waals surface area contributed by atoms with Crippen LogP contribution < -0.4 is 10.6 Å². The first kappa shape index (κ1) is 15.9. The summed E-state index contributed by atoms with van der Waals surface area (Å²) in [5.41, 5.74) is 0.653. The first-order valence-electron chi connectivity index (χ1n) is 7.43. The van der Waals surface area contributed by atoms with Crippen LogP contribution in [0.25, 0.3) is 0 Å². The lowest BCUT2D eigenvalue weighted by Gasteiger charge is -2.31. The zero-order chi connectivity index (χ0) is 15.1. The molecule has 1 saturated carbocycles. The predicted octanol–water partition coefficient (Wildman–Crippen LogP) is 1.95. The van der Waals surface area contributed by atoms with E-state index in [0.717, 1.165) is 31.2 Å². The van der Waals surface area contributed by atoms with E-state index in [-0.39, 0.29) is 23.8 Å². The van der Waals surface area contributed by atoms with Gasteiger partial charge in [-0.3, -0.25) is 4.79 Å². The highest BCUT2D eigenvalue weighted by Crippen LogP contribution is 2.38. The average molecular weight is 294 g/mol. The zero-order valence-electron chi connectivity index (χ0n) is 12.5. The van der Waals surface area contributed by atoms with Crippen LogP contribution in [0.2, 0.25) is 0 Å². The van der Waals surface area contributed by atoms with E-state index >= 15 is 0 Å². The number of halogens is 1. The predicted molar refractivity (Wildman–Crippen MR) is 79.4 cm³/mol. The van der Waals surface area contributed by atoms with Crippen molar-refractivity contribution in [1.82, 2.24) is 10.6 Å². The molecular weight excluding hydrogens is 271 g/mol. The van der Waals surface area contributed by atoms with Gasteiger partial charge in [-0.05, 0) is 30.5 Å². The van der Waals surface area contributed by atoms with Gasteiger partial charge in [0.15, 0.2) is 0 Å². The number of carbonyl (C=O) groups excluding carboxylic acids is 1. The Bertz CT molecular complexity index is 456. The Morgan fingerprint density at radius 2 is 1.95 bits per heavy atom. The van der Waals surface area contributed by atoms with Crippen molar-refractivity contribution in [3.8, 4) is 0 Å². The summed E-state index contributed by atoms with van der Waals surface area (Å²) >= 11 is 0. The minimum atomic E-state index is -0.340. The van der Waals surface area contributed by atoms with Gasteiger partial charge in [0.05, 0.1) is 18.7 Å². The van der Waals surface area contributed by atoms with E-state index in [1.165, 1.54) is 12.1 Å². The lowest BCUT2D eigenvalue weighted by molar-refractivity contribution is -0.122. The minimum Gasteiger partial charge on any atom is -0.383 e. The summed E-state index contributed by atoms with van der Waals surface area (Å²) in [5, 5.41) is 6.18. The van der Waals surface area contributed by atoms with Crippen LogP contribution in [0.4, 0.5) is 4.39 Å². The summed E-state index contributed by atoms with van der Waals surface area (Å²) in [6.07, 6.45) is 3.97. The highest BCUT2D eigenvalue weighted by molar-refractivity contribution is 5.79. The summed E-state index contributed by atoms with van der Waals surface area (Å²) in [4.78, 5) is 12.1. The molecule has 0 radical (unpaired) electrons. The molecule has 1 aliphatic carbocycles. The molecule has 0 aromatic heterocycles. The van der Waals surface area contributed by atoms with Gasteiger partial charge in [-0.2, -0.15) is 0 Å². The molecule has 1 aliphatic rings. The third kappa shape index (κ3) is 4.25. The Morgan fingerprint density at radius 1 is 1.29 bits per heavy atom. The van der Waals surface area contributed by atoms with E-state index in [2.05, 4.69) is 10.6 Å². The molecule has 116 valence electrons. The number of nitrogens with one attached hydrogen (secondary N) is 2. The number of rotatable bonds is 7. The molecule has 1 aromatic carbocycles. The monoisotopic (exact) mass is 294 g/mol. The van der Waals surface area contributed by atoms with Crippen molar-refractivity contribution >= 4 is 5.91 Å². The third-order valence-electron chi connectivity index (χ3n) is 4.00. The fraction of sp³-hybridized carbons (Fsp3) is 0.562. The molecule has 21 heavy (non-hydrogen) atoms. The normalized spacial score (nSPS) is 16.9. The topological polar surface area (TPSA) is 50.4 Å². The van der Waals surface area contributed by atoms with Crippen molar-refractivity contribution in [3.05, 3.63) is 35.6 Å². The molecule has 0 aliphatic heterocycles. The quantitative estimate of drug-likeness (QED) is 0.756. The van der Waals surface area contributed by atoms with Crippen molar-refractivity contribution in [2.24, 2.45) is 0 Å². The fourth-order valence-electron chi connectivity index (χ4n) is 2.92. The number of benzene rings is 1. The summed E-state index contributed by atoms with van der Waals surface area (Å²) in [6, 6.07) is 6.47. The van der Waals surface area contributed by atoms with E-state index < -0.39 is 0 Å². The molecular formula is C16H23FN2O2. The number of hydrogen-bond donors (Lipinski definition) is 2.